The number of hydrogen-bond acceptors (Lipinski definition) is 3. The lowest BCUT2D eigenvalue weighted by Gasteiger charge is -2.05. The van der Waals surface area contributed by atoms with E-state index in [1.54, 1.807) is 17.8 Å². The average Bonchev–Trinajstić information content (AvgIpc) is 2.92. The molecule has 0 bridgehead atoms. The van der Waals surface area contributed by atoms with Crippen molar-refractivity contribution in [2.45, 2.75) is 6.04 Å². The van der Waals surface area contributed by atoms with Crippen molar-refractivity contribution >= 4 is 34.2 Å². The van der Waals surface area contributed by atoms with E-state index in [0.29, 0.717) is 5.69 Å². The maximum Gasteiger partial charge on any atom is 0.161 e. The largest absolute Gasteiger partial charge is 0.335 e. The van der Waals surface area contributed by atoms with Crippen LogP contribution in [0.5, 0.6) is 0 Å². The summed E-state index contributed by atoms with van der Waals surface area (Å²) >= 11 is 7.30. The summed E-state index contributed by atoms with van der Waals surface area (Å²) in [5.74, 6) is 0.461. The van der Waals surface area contributed by atoms with E-state index in [0.717, 1.165) is 10.9 Å². The summed E-state index contributed by atoms with van der Waals surface area (Å²) in [7, 11) is 0. The van der Waals surface area contributed by atoms with Gasteiger partial charge in [0, 0.05) is 11.4 Å². The second-order valence-corrected chi connectivity index (χ2v) is 5.84. The fourth-order valence-corrected chi connectivity index (χ4v) is 3.08. The Morgan fingerprint density at radius 1 is 1.20 bits per heavy atom. The summed E-state index contributed by atoms with van der Waals surface area (Å²) in [5, 5.41) is 4.05. The van der Waals surface area contributed by atoms with Gasteiger partial charge in [-0.25, -0.2) is 4.39 Å². The first-order valence-electron chi connectivity index (χ1n) is 6.20. The highest BCUT2D eigenvalue weighted by Gasteiger charge is 2.19. The van der Waals surface area contributed by atoms with Gasteiger partial charge in [-0.1, -0.05) is 53.7 Å². The van der Waals surface area contributed by atoms with Gasteiger partial charge in [-0.2, -0.15) is 0 Å². The molecule has 1 aliphatic rings. The van der Waals surface area contributed by atoms with Crippen molar-refractivity contribution < 1.29 is 4.39 Å². The van der Waals surface area contributed by atoms with E-state index in [1.807, 2.05) is 18.2 Å². The molecule has 0 radical (unpaired) electrons. The zero-order valence-electron chi connectivity index (χ0n) is 10.5. The van der Waals surface area contributed by atoms with Crippen LogP contribution in [0.25, 0.3) is 0 Å². The molecular weight excluding hydrogens is 295 g/mol. The van der Waals surface area contributed by atoms with E-state index in [4.69, 9.17) is 11.6 Å². The molecule has 0 aliphatic carbocycles. The van der Waals surface area contributed by atoms with Gasteiger partial charge in [0.25, 0.3) is 0 Å². The van der Waals surface area contributed by atoms with Gasteiger partial charge >= 0.3 is 0 Å². The summed E-state index contributed by atoms with van der Waals surface area (Å²) in [5.41, 5.74) is 1.85. The zero-order chi connectivity index (χ0) is 13.9. The Morgan fingerprint density at radius 3 is 2.75 bits per heavy atom. The zero-order valence-corrected chi connectivity index (χ0v) is 12.1. The van der Waals surface area contributed by atoms with E-state index >= 15 is 0 Å². The highest BCUT2D eigenvalue weighted by atomic mass is 35.5. The lowest BCUT2D eigenvalue weighted by molar-refractivity contribution is 0.629. The molecule has 3 rings (SSSR count). The van der Waals surface area contributed by atoms with Crippen molar-refractivity contribution in [3.05, 3.63) is 64.9 Å². The van der Waals surface area contributed by atoms with Crippen molar-refractivity contribution in [1.29, 1.82) is 0 Å². The summed E-state index contributed by atoms with van der Waals surface area (Å²) in [6, 6.07) is 15.0. The maximum absolute atomic E-state index is 13.4. The topological polar surface area (TPSA) is 24.4 Å². The summed E-state index contributed by atoms with van der Waals surface area (Å²) in [6.45, 7) is 0. The number of nitrogens with zero attached hydrogens (tertiary/aromatic N) is 1. The third-order valence-electron chi connectivity index (χ3n) is 3.01. The Hall–Kier alpha value is -1.52. The third kappa shape index (κ3) is 2.97. The molecule has 0 saturated heterocycles. The summed E-state index contributed by atoms with van der Waals surface area (Å²) in [4.78, 5) is 4.62. The van der Waals surface area contributed by atoms with Crippen LogP contribution in [0.1, 0.15) is 11.6 Å². The Morgan fingerprint density at radius 2 is 2.00 bits per heavy atom. The molecule has 2 aromatic rings. The summed E-state index contributed by atoms with van der Waals surface area (Å²) < 4.78 is 13.4. The van der Waals surface area contributed by atoms with E-state index < -0.39 is 5.82 Å². The van der Waals surface area contributed by atoms with E-state index in [-0.39, 0.29) is 11.1 Å². The Kier molecular flexibility index (Phi) is 3.94. The van der Waals surface area contributed by atoms with Crippen LogP contribution in [0, 0.1) is 5.82 Å². The van der Waals surface area contributed by atoms with Gasteiger partial charge < -0.3 is 5.32 Å². The van der Waals surface area contributed by atoms with Crippen LogP contribution >= 0.6 is 23.4 Å². The minimum atomic E-state index is -0.431. The van der Waals surface area contributed by atoms with Gasteiger partial charge in [0.05, 0.1) is 11.1 Å². The van der Waals surface area contributed by atoms with Crippen LogP contribution in [0.3, 0.4) is 0 Å². The molecule has 2 aromatic carbocycles. The molecule has 2 nitrogen and oxygen atoms in total. The molecule has 1 N–H and O–H groups in total. The number of hydrogen-bond donors (Lipinski definition) is 1. The molecule has 0 spiro atoms. The number of thioether (sulfide) groups is 1. The molecule has 1 aliphatic heterocycles. The Labute approximate surface area is 126 Å². The van der Waals surface area contributed by atoms with E-state index in [9.17, 15) is 4.39 Å². The number of halogens is 2. The first-order chi connectivity index (χ1) is 9.72. The lowest BCUT2D eigenvalue weighted by atomic mass is 10.1. The minimum Gasteiger partial charge on any atom is -0.335 e. The molecule has 1 heterocycles. The quantitative estimate of drug-likeness (QED) is 0.867. The van der Waals surface area contributed by atoms with Crippen molar-refractivity contribution in [2.24, 2.45) is 4.99 Å². The minimum absolute atomic E-state index is 0.124. The van der Waals surface area contributed by atoms with Crippen LogP contribution in [0.4, 0.5) is 10.1 Å². The number of anilines is 1. The van der Waals surface area contributed by atoms with Crippen LogP contribution in [-0.2, 0) is 0 Å². The summed E-state index contributed by atoms with van der Waals surface area (Å²) in [6.07, 6.45) is 0. The van der Waals surface area contributed by atoms with Crippen LogP contribution < -0.4 is 5.32 Å². The lowest BCUT2D eigenvalue weighted by Crippen LogP contribution is -2.05. The van der Waals surface area contributed by atoms with Crippen LogP contribution in [0.2, 0.25) is 5.02 Å². The number of benzene rings is 2. The molecule has 1 atom stereocenters. The SMILES string of the molecule is Fc1cc(NC2=NC(c3ccccc3)CS2)ccc1Cl. The Balaban J connectivity index is 1.74. The molecule has 0 aromatic heterocycles. The molecule has 0 fully saturated rings. The smallest absolute Gasteiger partial charge is 0.161 e. The highest BCUT2D eigenvalue weighted by molar-refractivity contribution is 8.14. The molecule has 5 heteroatoms. The molecule has 102 valence electrons. The average molecular weight is 307 g/mol. The molecule has 1 unspecified atom stereocenters. The number of amidine groups is 1. The van der Waals surface area contributed by atoms with Gasteiger partial charge in [-0.15, -0.1) is 0 Å². The van der Waals surface area contributed by atoms with Gasteiger partial charge in [-0.05, 0) is 23.8 Å². The normalized spacial score (nSPS) is 17.9. The predicted octanol–water partition coefficient (Wildman–Crippen LogP) is 4.74. The molecule has 0 saturated carbocycles. The first kappa shape index (κ1) is 13.5. The Bertz CT molecular complexity index is 646. The van der Waals surface area contributed by atoms with E-state index in [1.165, 1.54) is 17.7 Å². The highest BCUT2D eigenvalue weighted by Crippen LogP contribution is 2.31. The fraction of sp³-hybridized carbons (Fsp3) is 0.133. The van der Waals surface area contributed by atoms with Gasteiger partial charge in [-0.3, -0.25) is 4.99 Å². The number of nitrogens with one attached hydrogen (secondary N) is 1. The van der Waals surface area contributed by atoms with E-state index in [2.05, 4.69) is 22.4 Å². The monoisotopic (exact) mass is 306 g/mol. The van der Waals surface area contributed by atoms with Crippen molar-refractivity contribution in [3.63, 3.8) is 0 Å². The van der Waals surface area contributed by atoms with Gasteiger partial charge in [0.1, 0.15) is 5.82 Å². The third-order valence-corrected chi connectivity index (χ3v) is 4.28. The second kappa shape index (κ2) is 5.85. The fourth-order valence-electron chi connectivity index (χ4n) is 1.99. The first-order valence-corrected chi connectivity index (χ1v) is 7.56. The molecule has 20 heavy (non-hydrogen) atoms. The van der Waals surface area contributed by atoms with Crippen LogP contribution in [-0.4, -0.2) is 10.9 Å². The van der Waals surface area contributed by atoms with Crippen molar-refractivity contribution in [1.82, 2.24) is 0 Å². The van der Waals surface area contributed by atoms with Crippen molar-refractivity contribution in [2.75, 3.05) is 11.1 Å². The predicted molar refractivity (Wildman–Crippen MR) is 84.1 cm³/mol. The second-order valence-electron chi connectivity index (χ2n) is 4.43. The number of rotatable bonds is 2. The van der Waals surface area contributed by atoms with Crippen molar-refractivity contribution in [3.8, 4) is 0 Å². The van der Waals surface area contributed by atoms with Gasteiger partial charge in [0.15, 0.2) is 5.17 Å². The molecule has 0 amide bonds. The van der Waals surface area contributed by atoms with Gasteiger partial charge in [0.2, 0.25) is 0 Å². The van der Waals surface area contributed by atoms with Crippen LogP contribution in [0.15, 0.2) is 53.5 Å². The maximum atomic E-state index is 13.4. The number of aliphatic imine (C=N–C) groups is 1. The standard InChI is InChI=1S/C15H12ClFN2S/c16-12-7-6-11(8-13(12)17)18-15-19-14(9-20-15)10-4-2-1-3-5-10/h1-8,14H,9H2,(H,18,19). The molecular formula is C15H12ClFN2S.